The molecule has 0 spiro atoms. The first-order valence-corrected chi connectivity index (χ1v) is 14.2. The van der Waals surface area contributed by atoms with Crippen LogP contribution in [-0.4, -0.2) is 57.0 Å². The number of carbonyl (C=O) groups excluding carboxylic acids is 1. The Morgan fingerprint density at radius 1 is 1.12 bits per heavy atom. The van der Waals surface area contributed by atoms with E-state index >= 15 is 0 Å². The molecule has 2 heterocycles. The fourth-order valence-corrected chi connectivity index (χ4v) is 4.74. The molecule has 1 aromatic heterocycles. The highest BCUT2D eigenvalue weighted by Gasteiger charge is 2.34. The molecule has 0 bridgehead atoms. The molecule has 1 saturated heterocycles. The van der Waals surface area contributed by atoms with E-state index in [1.165, 1.54) is 25.7 Å². The number of nitrogens with zero attached hydrogens (tertiary/aromatic N) is 4. The Kier molecular flexibility index (Phi) is 9.80. The summed E-state index contributed by atoms with van der Waals surface area (Å²) in [6.45, 7) is 8.49. The summed E-state index contributed by atoms with van der Waals surface area (Å²) in [4.78, 5) is 34.0. The maximum absolute atomic E-state index is 12.3. The molecule has 4 rings (SSSR count). The average molecular weight is 566 g/mol. The van der Waals surface area contributed by atoms with E-state index in [0.717, 1.165) is 34.9 Å². The molecule has 11 heteroatoms. The zero-order valence-corrected chi connectivity index (χ0v) is 24.2. The number of carboxylic acid groups (broad SMARTS) is 1. The van der Waals surface area contributed by atoms with Crippen molar-refractivity contribution >= 4 is 28.9 Å². The molecule has 220 valence electrons. The number of guanidine groups is 1. The Bertz CT molecular complexity index is 1380. The van der Waals surface area contributed by atoms with E-state index in [1.807, 2.05) is 36.4 Å². The van der Waals surface area contributed by atoms with Crippen molar-refractivity contribution < 1.29 is 28.7 Å². The number of carbonyl (C=O) groups is 2. The van der Waals surface area contributed by atoms with Gasteiger partial charge in [-0.05, 0) is 69.0 Å². The summed E-state index contributed by atoms with van der Waals surface area (Å²) in [6.07, 6.45) is 5.08. The maximum atomic E-state index is 12.3. The minimum atomic E-state index is -1.35. The van der Waals surface area contributed by atoms with Gasteiger partial charge in [-0.2, -0.15) is 4.98 Å². The van der Waals surface area contributed by atoms with Gasteiger partial charge in [0.25, 0.3) is 0 Å². The highest BCUT2D eigenvalue weighted by molar-refractivity contribution is 5.98. The summed E-state index contributed by atoms with van der Waals surface area (Å²) in [7, 11) is 0. The zero-order valence-electron chi connectivity index (χ0n) is 24.2. The molecule has 1 aliphatic rings. The number of benzene rings is 2. The minimum Gasteiger partial charge on any atom is -0.494 e. The Hall–Kier alpha value is -4.15. The lowest BCUT2D eigenvalue weighted by atomic mass is 10.1. The number of unbranched alkanes of at least 4 members (excludes halogenated alkanes) is 4. The lowest BCUT2D eigenvalue weighted by molar-refractivity contribution is 0.0600. The van der Waals surface area contributed by atoms with Crippen LogP contribution in [-0.2, 0) is 4.74 Å². The van der Waals surface area contributed by atoms with Crippen LogP contribution in [0, 0.1) is 0 Å². The Balaban J connectivity index is 1.47. The molecule has 2 amide bonds. The third-order valence-electron chi connectivity index (χ3n) is 6.65. The summed E-state index contributed by atoms with van der Waals surface area (Å²) in [5.41, 5.74) is 0.0104. The maximum Gasteiger partial charge on any atom is 0.437 e. The average Bonchev–Trinajstić information content (AvgIpc) is 3.59. The molecule has 1 fully saturated rings. The van der Waals surface area contributed by atoms with E-state index in [1.54, 1.807) is 25.7 Å². The largest absolute Gasteiger partial charge is 0.494 e. The number of fused-ring (bicyclic) bond motifs is 1. The van der Waals surface area contributed by atoms with Crippen LogP contribution in [0.4, 0.5) is 9.59 Å². The summed E-state index contributed by atoms with van der Waals surface area (Å²) in [5.74, 6) is 1.43. The van der Waals surface area contributed by atoms with Gasteiger partial charge < -0.3 is 24.0 Å². The van der Waals surface area contributed by atoms with E-state index in [4.69, 9.17) is 14.0 Å². The Morgan fingerprint density at radius 3 is 2.63 bits per heavy atom. The molecule has 0 unspecified atom stereocenters. The summed E-state index contributed by atoms with van der Waals surface area (Å²) >= 11 is 0. The highest BCUT2D eigenvalue weighted by Crippen LogP contribution is 2.33. The molecule has 2 aromatic carbocycles. The van der Waals surface area contributed by atoms with Gasteiger partial charge in [0.05, 0.1) is 6.61 Å². The van der Waals surface area contributed by atoms with E-state index in [0.29, 0.717) is 31.3 Å². The number of ether oxygens (including phenoxy) is 2. The molecule has 11 nitrogen and oxygen atoms in total. The van der Waals surface area contributed by atoms with Gasteiger partial charge in [-0.3, -0.25) is 5.32 Å². The van der Waals surface area contributed by atoms with Gasteiger partial charge in [0.1, 0.15) is 17.4 Å². The van der Waals surface area contributed by atoms with Crippen LogP contribution in [0.15, 0.2) is 45.9 Å². The van der Waals surface area contributed by atoms with Crippen LogP contribution in [0.25, 0.3) is 22.2 Å². The topological polar surface area (TPSA) is 139 Å². The van der Waals surface area contributed by atoms with Crippen molar-refractivity contribution in [2.45, 2.75) is 84.3 Å². The van der Waals surface area contributed by atoms with E-state index in [-0.39, 0.29) is 5.96 Å². The molecule has 1 atom stereocenters. The second-order valence-corrected chi connectivity index (χ2v) is 11.1. The van der Waals surface area contributed by atoms with Gasteiger partial charge in [-0.25, -0.2) is 9.59 Å². The standard InChI is InChI=1S/C30H39N5O6/c1-5-6-7-8-9-17-39-23-15-14-20-18-22(13-12-21(20)19-23)25-31-26(41-34-25)24-11-10-16-35(24)27(32-28(36)37)33-29(38)40-30(2,3)4/h12-15,18-19,24H,5-11,16-17H2,1-4H3,(H,36,37)(H,32,33,38)/t24-/m0/s1. The number of likely N-dealkylation sites (tertiary alicyclic amines) is 1. The minimum absolute atomic E-state index is 0.140. The van der Waals surface area contributed by atoms with Crippen molar-refractivity contribution in [2.75, 3.05) is 13.2 Å². The zero-order chi connectivity index (χ0) is 29.4. The van der Waals surface area contributed by atoms with Crippen LogP contribution in [0.5, 0.6) is 5.75 Å². The monoisotopic (exact) mass is 565 g/mol. The summed E-state index contributed by atoms with van der Waals surface area (Å²) in [6, 6.07) is 11.5. The van der Waals surface area contributed by atoms with Crippen molar-refractivity contribution in [2.24, 2.45) is 4.99 Å². The smallest absolute Gasteiger partial charge is 0.437 e. The molecule has 0 radical (unpaired) electrons. The third kappa shape index (κ3) is 8.42. The fraction of sp³-hybridized carbons (Fsp3) is 0.500. The third-order valence-corrected chi connectivity index (χ3v) is 6.65. The molecule has 2 N–H and O–H groups in total. The number of rotatable bonds is 9. The fourth-order valence-electron chi connectivity index (χ4n) is 4.74. The van der Waals surface area contributed by atoms with Crippen LogP contribution >= 0.6 is 0 Å². The molecule has 3 aromatic rings. The number of hydrogen-bond donors (Lipinski definition) is 2. The second-order valence-electron chi connectivity index (χ2n) is 11.1. The van der Waals surface area contributed by atoms with Crippen molar-refractivity contribution in [3.63, 3.8) is 0 Å². The van der Waals surface area contributed by atoms with E-state index in [9.17, 15) is 14.7 Å². The molecular weight excluding hydrogens is 526 g/mol. The Morgan fingerprint density at radius 2 is 1.88 bits per heavy atom. The van der Waals surface area contributed by atoms with Gasteiger partial charge in [0.2, 0.25) is 17.7 Å². The van der Waals surface area contributed by atoms with Crippen LogP contribution in [0.1, 0.15) is 84.6 Å². The first-order chi connectivity index (χ1) is 19.6. The Labute approximate surface area is 239 Å². The quantitative estimate of drug-likeness (QED) is 0.160. The van der Waals surface area contributed by atoms with Gasteiger partial charge >= 0.3 is 12.2 Å². The van der Waals surface area contributed by atoms with E-state index in [2.05, 4.69) is 27.4 Å². The van der Waals surface area contributed by atoms with Gasteiger partial charge in [-0.15, -0.1) is 4.99 Å². The van der Waals surface area contributed by atoms with Crippen molar-refractivity contribution in [1.29, 1.82) is 0 Å². The number of amides is 2. The summed E-state index contributed by atoms with van der Waals surface area (Å²) < 4.78 is 16.8. The molecule has 1 aliphatic heterocycles. The number of hydrogen-bond acceptors (Lipinski definition) is 7. The van der Waals surface area contributed by atoms with E-state index < -0.39 is 23.8 Å². The molecule has 0 aliphatic carbocycles. The lowest BCUT2D eigenvalue weighted by Gasteiger charge is -2.25. The number of nitrogens with one attached hydrogen (secondary N) is 1. The van der Waals surface area contributed by atoms with Gasteiger partial charge in [0.15, 0.2) is 0 Å². The van der Waals surface area contributed by atoms with Gasteiger partial charge in [0, 0.05) is 12.1 Å². The van der Waals surface area contributed by atoms with Crippen molar-refractivity contribution in [3.05, 3.63) is 42.3 Å². The van der Waals surface area contributed by atoms with Crippen LogP contribution < -0.4 is 10.1 Å². The van der Waals surface area contributed by atoms with Gasteiger partial charge in [-0.1, -0.05) is 56.0 Å². The van der Waals surface area contributed by atoms with Crippen molar-refractivity contribution in [3.8, 4) is 17.1 Å². The lowest BCUT2D eigenvalue weighted by Crippen LogP contribution is -2.44. The SMILES string of the molecule is CCCCCCCOc1ccc2cc(-c3noc([C@@H]4CCCN4C(=NC(=O)OC(C)(C)C)NC(=O)O)n3)ccc2c1. The normalized spacial score (nSPS) is 15.8. The molecule has 0 saturated carbocycles. The molecular formula is C30H39N5O6. The second kappa shape index (κ2) is 13.5. The first-order valence-electron chi connectivity index (χ1n) is 14.2. The predicted molar refractivity (Wildman–Crippen MR) is 155 cm³/mol. The van der Waals surface area contributed by atoms with Crippen LogP contribution in [0.3, 0.4) is 0 Å². The summed E-state index contributed by atoms with van der Waals surface area (Å²) in [5, 5.41) is 17.8. The predicted octanol–water partition coefficient (Wildman–Crippen LogP) is 6.93. The number of aromatic nitrogens is 2. The number of aliphatic imine (C=N–C) groups is 1. The first kappa shape index (κ1) is 29.8. The molecule has 41 heavy (non-hydrogen) atoms. The van der Waals surface area contributed by atoms with Crippen molar-refractivity contribution in [1.82, 2.24) is 20.4 Å². The highest BCUT2D eigenvalue weighted by atomic mass is 16.6. The van der Waals surface area contributed by atoms with Crippen LogP contribution in [0.2, 0.25) is 0 Å².